The highest BCUT2D eigenvalue weighted by Gasteiger charge is 2.06. The molecule has 0 amide bonds. The van der Waals surface area contributed by atoms with E-state index in [2.05, 4.69) is 18.5 Å². The van der Waals surface area contributed by atoms with Gasteiger partial charge < -0.3 is 15.2 Å². The highest BCUT2D eigenvalue weighted by atomic mass is 16.5. The molecular weight excluding hydrogens is 310 g/mol. The van der Waals surface area contributed by atoms with Crippen LogP contribution in [0, 0.1) is 6.92 Å². The quantitative estimate of drug-likeness (QED) is 0.677. The zero-order chi connectivity index (χ0) is 18.4. The summed E-state index contributed by atoms with van der Waals surface area (Å²) in [6.45, 7) is 14.5. The molecule has 2 aromatic rings. The Bertz CT molecular complexity index is 801. The monoisotopic (exact) mass is 335 g/mol. The summed E-state index contributed by atoms with van der Waals surface area (Å²) in [4.78, 5) is 0. The maximum atomic E-state index is 9.69. The van der Waals surface area contributed by atoms with E-state index < -0.39 is 0 Å². The number of ether oxygens (including phenoxy) is 1. The standard InChI is InChI=1S/C22H25NO2/c1-6-25-20-10-7-18(8-11-20)21(23-15(2)3)14-16(4)19-9-12-22(24)17(5)13-19/h7-14,23-24H,2,4,6H2,1,3,5H3/b21-14-. The van der Waals surface area contributed by atoms with Crippen molar-refractivity contribution in [3.05, 3.63) is 84.1 Å². The average molecular weight is 335 g/mol. The number of rotatable bonds is 7. The lowest BCUT2D eigenvalue weighted by Crippen LogP contribution is -2.09. The van der Waals surface area contributed by atoms with Gasteiger partial charge in [0, 0.05) is 11.4 Å². The van der Waals surface area contributed by atoms with Gasteiger partial charge in [-0.05, 0) is 85.5 Å². The maximum absolute atomic E-state index is 9.69. The molecule has 2 aromatic carbocycles. The summed E-state index contributed by atoms with van der Waals surface area (Å²) in [6, 6.07) is 13.4. The largest absolute Gasteiger partial charge is 0.508 e. The third-order valence-corrected chi connectivity index (χ3v) is 3.71. The Kier molecular flexibility index (Phi) is 6.07. The van der Waals surface area contributed by atoms with Crippen LogP contribution in [0.5, 0.6) is 11.5 Å². The number of aromatic hydroxyl groups is 1. The Morgan fingerprint density at radius 2 is 1.76 bits per heavy atom. The van der Waals surface area contributed by atoms with Gasteiger partial charge in [-0.2, -0.15) is 0 Å². The van der Waals surface area contributed by atoms with Crippen LogP contribution in [0.3, 0.4) is 0 Å². The second kappa shape index (κ2) is 8.25. The van der Waals surface area contributed by atoms with Crippen LogP contribution in [0.4, 0.5) is 0 Å². The van der Waals surface area contributed by atoms with Crippen molar-refractivity contribution >= 4 is 11.3 Å². The van der Waals surface area contributed by atoms with E-state index in [1.165, 1.54) is 0 Å². The molecule has 0 fully saturated rings. The molecule has 0 saturated heterocycles. The van der Waals surface area contributed by atoms with Crippen LogP contribution in [0.25, 0.3) is 11.3 Å². The first-order valence-electron chi connectivity index (χ1n) is 8.27. The Morgan fingerprint density at radius 3 is 2.32 bits per heavy atom. The average Bonchev–Trinajstić information content (AvgIpc) is 2.57. The van der Waals surface area contributed by atoms with Gasteiger partial charge in [0.15, 0.2) is 0 Å². The summed E-state index contributed by atoms with van der Waals surface area (Å²) in [6.07, 6.45) is 1.98. The number of nitrogens with one attached hydrogen (secondary N) is 1. The summed E-state index contributed by atoms with van der Waals surface area (Å²) < 4.78 is 5.50. The van der Waals surface area contributed by atoms with Crippen LogP contribution < -0.4 is 10.1 Å². The fourth-order valence-corrected chi connectivity index (χ4v) is 2.43. The second-order valence-corrected chi connectivity index (χ2v) is 5.95. The van der Waals surface area contributed by atoms with Gasteiger partial charge in [-0.15, -0.1) is 0 Å². The first-order valence-corrected chi connectivity index (χ1v) is 8.27. The van der Waals surface area contributed by atoms with Crippen molar-refractivity contribution in [2.75, 3.05) is 6.61 Å². The number of benzene rings is 2. The molecule has 25 heavy (non-hydrogen) atoms. The summed E-state index contributed by atoms with van der Waals surface area (Å²) >= 11 is 0. The minimum Gasteiger partial charge on any atom is -0.508 e. The van der Waals surface area contributed by atoms with E-state index >= 15 is 0 Å². The van der Waals surface area contributed by atoms with E-state index in [0.29, 0.717) is 6.61 Å². The van der Waals surface area contributed by atoms with Crippen molar-refractivity contribution in [3.63, 3.8) is 0 Å². The molecule has 0 aliphatic heterocycles. The summed E-state index contributed by atoms with van der Waals surface area (Å²) in [7, 11) is 0. The second-order valence-electron chi connectivity index (χ2n) is 5.95. The predicted molar refractivity (Wildman–Crippen MR) is 105 cm³/mol. The molecule has 130 valence electrons. The molecule has 0 spiro atoms. The van der Waals surface area contributed by atoms with E-state index in [-0.39, 0.29) is 5.75 Å². The zero-order valence-electron chi connectivity index (χ0n) is 15.1. The molecule has 0 aliphatic carbocycles. The van der Waals surface area contributed by atoms with Crippen molar-refractivity contribution in [1.82, 2.24) is 5.32 Å². The molecule has 3 heteroatoms. The van der Waals surface area contributed by atoms with Crippen molar-refractivity contribution in [1.29, 1.82) is 0 Å². The zero-order valence-corrected chi connectivity index (χ0v) is 15.1. The number of allylic oxidation sites excluding steroid dienone is 3. The summed E-state index contributed by atoms with van der Waals surface area (Å²) in [5, 5.41) is 13.0. The van der Waals surface area contributed by atoms with Crippen LogP contribution in [0.1, 0.15) is 30.5 Å². The molecular formula is C22H25NO2. The third kappa shape index (κ3) is 5.01. The molecule has 0 atom stereocenters. The van der Waals surface area contributed by atoms with Crippen LogP contribution in [0.2, 0.25) is 0 Å². The van der Waals surface area contributed by atoms with Gasteiger partial charge in [-0.25, -0.2) is 0 Å². The van der Waals surface area contributed by atoms with Crippen molar-refractivity contribution in [2.24, 2.45) is 0 Å². The van der Waals surface area contributed by atoms with Gasteiger partial charge >= 0.3 is 0 Å². The maximum Gasteiger partial charge on any atom is 0.119 e. The normalized spacial score (nSPS) is 11.1. The molecule has 0 unspecified atom stereocenters. The fraction of sp³-hybridized carbons (Fsp3) is 0.182. The van der Waals surface area contributed by atoms with Crippen molar-refractivity contribution < 1.29 is 9.84 Å². The van der Waals surface area contributed by atoms with E-state index in [0.717, 1.165) is 39.4 Å². The van der Waals surface area contributed by atoms with Crippen LogP contribution >= 0.6 is 0 Å². The molecule has 0 radical (unpaired) electrons. The molecule has 0 heterocycles. The van der Waals surface area contributed by atoms with E-state index in [1.807, 2.05) is 63.2 Å². The third-order valence-electron chi connectivity index (χ3n) is 3.71. The number of aryl methyl sites for hydroxylation is 1. The van der Waals surface area contributed by atoms with Gasteiger partial charge in [0.1, 0.15) is 11.5 Å². The van der Waals surface area contributed by atoms with Gasteiger partial charge in [0.05, 0.1) is 6.61 Å². The first-order chi connectivity index (χ1) is 11.9. The van der Waals surface area contributed by atoms with Crippen LogP contribution in [0.15, 0.2) is 67.4 Å². The Morgan fingerprint density at radius 1 is 1.12 bits per heavy atom. The smallest absolute Gasteiger partial charge is 0.119 e. The fourth-order valence-electron chi connectivity index (χ4n) is 2.43. The summed E-state index contributed by atoms with van der Waals surface area (Å²) in [5.41, 5.74) is 5.40. The minimum absolute atomic E-state index is 0.285. The lowest BCUT2D eigenvalue weighted by Gasteiger charge is -2.13. The predicted octanol–water partition coefficient (Wildman–Crippen LogP) is 5.28. The van der Waals surface area contributed by atoms with Crippen molar-refractivity contribution in [2.45, 2.75) is 20.8 Å². The highest BCUT2D eigenvalue weighted by molar-refractivity contribution is 5.83. The minimum atomic E-state index is 0.285. The molecule has 0 saturated carbocycles. The van der Waals surface area contributed by atoms with E-state index in [1.54, 1.807) is 6.07 Å². The van der Waals surface area contributed by atoms with Crippen LogP contribution in [-0.2, 0) is 0 Å². The first kappa shape index (κ1) is 18.4. The molecule has 2 rings (SSSR count). The Balaban J connectivity index is 2.34. The Labute approximate surface area is 150 Å². The van der Waals surface area contributed by atoms with Gasteiger partial charge in [-0.1, -0.05) is 19.2 Å². The molecule has 3 nitrogen and oxygen atoms in total. The molecule has 2 N–H and O–H groups in total. The van der Waals surface area contributed by atoms with Gasteiger partial charge in [0.25, 0.3) is 0 Å². The topological polar surface area (TPSA) is 41.5 Å². The van der Waals surface area contributed by atoms with Crippen molar-refractivity contribution in [3.8, 4) is 11.5 Å². The molecule has 0 bridgehead atoms. The number of hydrogen-bond donors (Lipinski definition) is 2. The van der Waals surface area contributed by atoms with E-state index in [9.17, 15) is 5.11 Å². The van der Waals surface area contributed by atoms with Gasteiger partial charge in [-0.3, -0.25) is 0 Å². The molecule has 0 aromatic heterocycles. The number of phenolic OH excluding ortho intramolecular Hbond substituents is 1. The van der Waals surface area contributed by atoms with Gasteiger partial charge in [0.2, 0.25) is 0 Å². The van der Waals surface area contributed by atoms with E-state index in [4.69, 9.17) is 4.74 Å². The lowest BCUT2D eigenvalue weighted by molar-refractivity contribution is 0.340. The lowest BCUT2D eigenvalue weighted by atomic mass is 10.0. The number of hydrogen-bond acceptors (Lipinski definition) is 3. The molecule has 0 aliphatic rings. The van der Waals surface area contributed by atoms with Crippen LogP contribution in [-0.4, -0.2) is 11.7 Å². The Hall–Kier alpha value is -2.94. The summed E-state index contributed by atoms with van der Waals surface area (Å²) in [5.74, 6) is 1.13. The SMILES string of the molecule is C=C(C)N/C(=C\C(=C)c1ccc(O)c(C)c1)c1ccc(OCC)cc1. The number of phenols is 1. The highest BCUT2D eigenvalue weighted by Crippen LogP contribution is 2.25.